The van der Waals surface area contributed by atoms with Crippen LogP contribution in [0.3, 0.4) is 0 Å². The molecule has 0 radical (unpaired) electrons. The lowest BCUT2D eigenvalue weighted by atomic mass is 10.2. The number of benzene rings is 1. The molecule has 8 nitrogen and oxygen atoms in total. The first-order valence-corrected chi connectivity index (χ1v) is 8.92. The molecule has 2 aromatic rings. The first-order chi connectivity index (χ1) is 12.7. The maximum absolute atomic E-state index is 12.5. The smallest absolute Gasteiger partial charge is 0.251 e. The summed E-state index contributed by atoms with van der Waals surface area (Å²) in [7, 11) is 1.62. The maximum atomic E-state index is 12.5. The quantitative estimate of drug-likeness (QED) is 0.877. The first kappa shape index (κ1) is 16.8. The van der Waals surface area contributed by atoms with Gasteiger partial charge in [0, 0.05) is 44.2 Å². The van der Waals surface area contributed by atoms with E-state index in [1.807, 2.05) is 23.1 Å². The lowest BCUT2D eigenvalue weighted by Gasteiger charge is -2.35. The minimum absolute atomic E-state index is 0.103. The monoisotopic (exact) mass is 357 g/mol. The second kappa shape index (κ2) is 6.95. The third-order valence-electron chi connectivity index (χ3n) is 5.00. The van der Waals surface area contributed by atoms with Crippen molar-refractivity contribution in [2.75, 3.05) is 50.5 Å². The fourth-order valence-electron chi connectivity index (χ4n) is 3.49. The zero-order valence-corrected chi connectivity index (χ0v) is 14.9. The highest BCUT2D eigenvalue weighted by atomic mass is 16.5. The second-order valence-electron chi connectivity index (χ2n) is 6.61. The number of rotatable bonds is 3. The van der Waals surface area contributed by atoms with Crippen LogP contribution in [0.1, 0.15) is 12.8 Å². The van der Waals surface area contributed by atoms with Crippen molar-refractivity contribution >= 4 is 28.6 Å². The van der Waals surface area contributed by atoms with Crippen molar-refractivity contribution in [1.82, 2.24) is 14.9 Å². The van der Waals surface area contributed by atoms with Crippen molar-refractivity contribution in [3.63, 3.8) is 0 Å². The van der Waals surface area contributed by atoms with Gasteiger partial charge in [0.25, 0.3) is 5.91 Å². The Balaban J connectivity index is 1.49. The molecule has 0 saturated carbocycles. The molecular formula is C18H23N5O3. The fourth-order valence-corrected chi connectivity index (χ4v) is 3.49. The molecule has 1 aromatic carbocycles. The minimum Gasteiger partial charge on any atom is -0.497 e. The summed E-state index contributed by atoms with van der Waals surface area (Å²) in [6, 6.07) is 5.57. The number of fused-ring (bicyclic) bond motifs is 1. The zero-order valence-electron chi connectivity index (χ0n) is 14.9. The molecule has 26 heavy (non-hydrogen) atoms. The van der Waals surface area contributed by atoms with Crippen LogP contribution in [0.5, 0.6) is 5.75 Å². The summed E-state index contributed by atoms with van der Waals surface area (Å²) in [6.07, 6.45) is 1.52. The van der Waals surface area contributed by atoms with Gasteiger partial charge in [-0.3, -0.25) is 4.79 Å². The second-order valence-corrected chi connectivity index (χ2v) is 6.61. The topological polar surface area (TPSA) is 93.8 Å². The molecule has 0 bridgehead atoms. The Kier molecular flexibility index (Phi) is 4.50. The van der Waals surface area contributed by atoms with Gasteiger partial charge in [0.05, 0.1) is 12.6 Å². The number of carbonyl (C=O) groups is 1. The largest absolute Gasteiger partial charge is 0.497 e. The molecule has 8 heteroatoms. The summed E-state index contributed by atoms with van der Waals surface area (Å²) >= 11 is 0. The normalized spacial score (nSPS) is 20.6. The summed E-state index contributed by atoms with van der Waals surface area (Å²) in [5.74, 6) is 1.87. The standard InChI is InChI=1S/C18H23N5O3/c1-25-12-4-5-13-14(11-12)20-18(21-16(13)19)23-8-6-22(7-9-23)17(24)15-3-2-10-26-15/h4-5,11,15H,2-3,6-10H2,1H3,(H2,19,20,21). The Morgan fingerprint density at radius 3 is 2.77 bits per heavy atom. The Bertz CT molecular complexity index is 814. The molecule has 3 heterocycles. The summed E-state index contributed by atoms with van der Waals surface area (Å²) < 4.78 is 10.8. The van der Waals surface area contributed by atoms with E-state index >= 15 is 0 Å². The number of anilines is 2. The van der Waals surface area contributed by atoms with Gasteiger partial charge in [-0.05, 0) is 25.0 Å². The number of nitrogens with two attached hydrogens (primary N) is 1. The molecule has 1 unspecified atom stereocenters. The molecule has 2 aliphatic heterocycles. The van der Waals surface area contributed by atoms with Crippen molar-refractivity contribution in [2.24, 2.45) is 0 Å². The van der Waals surface area contributed by atoms with Crippen LogP contribution in [-0.4, -0.2) is 66.8 Å². The van der Waals surface area contributed by atoms with E-state index in [1.165, 1.54) is 0 Å². The number of nitrogens with zero attached hydrogens (tertiary/aromatic N) is 4. The average molecular weight is 357 g/mol. The molecule has 1 aromatic heterocycles. The van der Waals surface area contributed by atoms with E-state index in [1.54, 1.807) is 7.11 Å². The van der Waals surface area contributed by atoms with Crippen LogP contribution in [0.25, 0.3) is 10.9 Å². The number of nitrogen functional groups attached to an aromatic ring is 1. The molecule has 138 valence electrons. The maximum Gasteiger partial charge on any atom is 0.251 e. The number of ether oxygens (including phenoxy) is 2. The van der Waals surface area contributed by atoms with E-state index in [0.29, 0.717) is 44.6 Å². The van der Waals surface area contributed by atoms with Crippen molar-refractivity contribution in [1.29, 1.82) is 0 Å². The van der Waals surface area contributed by atoms with E-state index in [0.717, 1.165) is 29.5 Å². The Hall–Kier alpha value is -2.61. The molecule has 1 atom stereocenters. The van der Waals surface area contributed by atoms with Gasteiger partial charge in [0.1, 0.15) is 17.7 Å². The van der Waals surface area contributed by atoms with Crippen molar-refractivity contribution in [2.45, 2.75) is 18.9 Å². The first-order valence-electron chi connectivity index (χ1n) is 8.92. The van der Waals surface area contributed by atoms with E-state index in [2.05, 4.69) is 14.9 Å². The van der Waals surface area contributed by atoms with Crippen LogP contribution in [0.4, 0.5) is 11.8 Å². The number of piperazine rings is 1. The predicted molar refractivity (Wildman–Crippen MR) is 98.3 cm³/mol. The predicted octanol–water partition coefficient (Wildman–Crippen LogP) is 1.05. The van der Waals surface area contributed by atoms with E-state index < -0.39 is 0 Å². The zero-order chi connectivity index (χ0) is 18.1. The van der Waals surface area contributed by atoms with Crippen LogP contribution in [0.2, 0.25) is 0 Å². The van der Waals surface area contributed by atoms with E-state index in [-0.39, 0.29) is 12.0 Å². The van der Waals surface area contributed by atoms with Crippen molar-refractivity contribution in [3.05, 3.63) is 18.2 Å². The van der Waals surface area contributed by atoms with Gasteiger partial charge >= 0.3 is 0 Å². The molecule has 2 N–H and O–H groups in total. The number of carbonyl (C=O) groups excluding carboxylic acids is 1. The SMILES string of the molecule is COc1ccc2c(N)nc(N3CCN(C(=O)C4CCCO4)CC3)nc2c1. The molecule has 2 aliphatic rings. The van der Waals surface area contributed by atoms with E-state index in [9.17, 15) is 4.79 Å². The molecular weight excluding hydrogens is 334 g/mol. The van der Waals surface area contributed by atoms with Gasteiger partial charge in [0.2, 0.25) is 5.95 Å². The number of amides is 1. The van der Waals surface area contributed by atoms with Gasteiger partial charge in [0.15, 0.2) is 0 Å². The Morgan fingerprint density at radius 2 is 2.08 bits per heavy atom. The minimum atomic E-state index is -0.262. The van der Waals surface area contributed by atoms with Gasteiger partial charge < -0.3 is 25.0 Å². The summed E-state index contributed by atoms with van der Waals surface area (Å²) in [6.45, 7) is 3.31. The van der Waals surface area contributed by atoms with Gasteiger partial charge in [-0.15, -0.1) is 0 Å². The van der Waals surface area contributed by atoms with Crippen LogP contribution in [0, 0.1) is 0 Å². The molecule has 2 saturated heterocycles. The lowest BCUT2D eigenvalue weighted by Crippen LogP contribution is -2.51. The Labute approximate surface area is 151 Å². The van der Waals surface area contributed by atoms with E-state index in [4.69, 9.17) is 15.2 Å². The van der Waals surface area contributed by atoms with Crippen LogP contribution in [0.15, 0.2) is 18.2 Å². The van der Waals surface area contributed by atoms with Crippen molar-refractivity contribution < 1.29 is 14.3 Å². The van der Waals surface area contributed by atoms with Crippen LogP contribution >= 0.6 is 0 Å². The lowest BCUT2D eigenvalue weighted by molar-refractivity contribution is -0.141. The highest BCUT2D eigenvalue weighted by Gasteiger charge is 2.30. The van der Waals surface area contributed by atoms with Gasteiger partial charge in [-0.1, -0.05) is 0 Å². The third-order valence-corrected chi connectivity index (χ3v) is 5.00. The highest BCUT2D eigenvalue weighted by molar-refractivity contribution is 5.90. The van der Waals surface area contributed by atoms with Crippen LogP contribution < -0.4 is 15.4 Å². The van der Waals surface area contributed by atoms with Crippen molar-refractivity contribution in [3.8, 4) is 5.75 Å². The Morgan fingerprint density at radius 1 is 1.27 bits per heavy atom. The number of aromatic nitrogens is 2. The molecule has 2 fully saturated rings. The van der Waals surface area contributed by atoms with Gasteiger partial charge in [-0.2, -0.15) is 4.98 Å². The summed E-state index contributed by atoms with van der Waals surface area (Å²) in [5.41, 5.74) is 6.87. The highest BCUT2D eigenvalue weighted by Crippen LogP contribution is 2.26. The summed E-state index contributed by atoms with van der Waals surface area (Å²) in [4.78, 5) is 25.5. The average Bonchev–Trinajstić information content (AvgIpc) is 3.22. The molecule has 4 rings (SSSR count). The number of hydrogen-bond donors (Lipinski definition) is 1. The summed E-state index contributed by atoms with van der Waals surface area (Å²) in [5, 5.41) is 0.807. The van der Waals surface area contributed by atoms with Gasteiger partial charge in [-0.25, -0.2) is 4.98 Å². The molecule has 1 amide bonds. The number of hydrogen-bond acceptors (Lipinski definition) is 7. The van der Waals surface area contributed by atoms with Crippen LogP contribution in [-0.2, 0) is 9.53 Å². The molecule has 0 spiro atoms. The fraction of sp³-hybridized carbons (Fsp3) is 0.500. The molecule has 0 aliphatic carbocycles. The number of methoxy groups -OCH3 is 1. The third kappa shape index (κ3) is 3.12.